The van der Waals surface area contributed by atoms with Gasteiger partial charge in [0.15, 0.2) is 0 Å². The van der Waals surface area contributed by atoms with Crippen LogP contribution < -0.4 is 5.73 Å². The van der Waals surface area contributed by atoms with Crippen LogP contribution in [0.3, 0.4) is 0 Å². The molecule has 0 saturated heterocycles. The molecule has 0 unspecified atom stereocenters. The summed E-state index contributed by atoms with van der Waals surface area (Å²) in [6.07, 6.45) is 2.48. The summed E-state index contributed by atoms with van der Waals surface area (Å²) in [4.78, 5) is 27.4. The highest BCUT2D eigenvalue weighted by Crippen LogP contribution is 2.09. The molecule has 1 rings (SSSR count). The molecule has 86 valence electrons. The number of imide groups is 1. The van der Waals surface area contributed by atoms with Crippen LogP contribution >= 0.6 is 11.6 Å². The number of amides is 2. The van der Waals surface area contributed by atoms with Crippen molar-refractivity contribution in [1.82, 2.24) is 9.88 Å². The minimum absolute atomic E-state index is 0.218. The van der Waals surface area contributed by atoms with Crippen molar-refractivity contribution in [3.8, 4) is 0 Å². The zero-order valence-corrected chi connectivity index (χ0v) is 9.35. The summed E-state index contributed by atoms with van der Waals surface area (Å²) in [6.45, 7) is 0.730. The number of halogens is 1. The van der Waals surface area contributed by atoms with E-state index < -0.39 is 5.91 Å². The van der Waals surface area contributed by atoms with E-state index in [0.29, 0.717) is 31.5 Å². The molecule has 16 heavy (non-hydrogen) atoms. The second kappa shape index (κ2) is 6.19. The Morgan fingerprint density at radius 3 is 2.94 bits per heavy atom. The molecule has 0 fully saturated rings. The average Bonchev–Trinajstić information content (AvgIpc) is 2.29. The van der Waals surface area contributed by atoms with Crippen LogP contribution in [0, 0.1) is 0 Å². The van der Waals surface area contributed by atoms with Crippen molar-refractivity contribution in [3.05, 3.63) is 29.0 Å². The first kappa shape index (κ1) is 12.6. The SMILES string of the molecule is NCCCN(C=O)C(=O)c1ccnc(Cl)c1. The van der Waals surface area contributed by atoms with Gasteiger partial charge in [0.1, 0.15) is 5.15 Å². The predicted molar refractivity (Wildman–Crippen MR) is 60.0 cm³/mol. The number of carbonyl (C=O) groups is 2. The summed E-state index contributed by atoms with van der Waals surface area (Å²) in [5.41, 5.74) is 5.65. The van der Waals surface area contributed by atoms with Gasteiger partial charge < -0.3 is 5.73 Å². The van der Waals surface area contributed by atoms with E-state index in [-0.39, 0.29) is 5.15 Å². The molecule has 1 heterocycles. The van der Waals surface area contributed by atoms with Crippen LogP contribution in [0.4, 0.5) is 0 Å². The maximum absolute atomic E-state index is 11.8. The standard InChI is InChI=1S/C10H12ClN3O2/c11-9-6-8(2-4-13-9)10(16)14(7-15)5-1-3-12/h2,4,6-7H,1,3,5,12H2. The molecule has 0 aliphatic rings. The van der Waals surface area contributed by atoms with Gasteiger partial charge in [0.05, 0.1) is 0 Å². The Balaban J connectivity index is 2.78. The van der Waals surface area contributed by atoms with Crippen LogP contribution in [0.5, 0.6) is 0 Å². The minimum Gasteiger partial charge on any atom is -0.330 e. The molecule has 0 radical (unpaired) electrons. The van der Waals surface area contributed by atoms with Gasteiger partial charge in [-0.3, -0.25) is 14.5 Å². The molecular weight excluding hydrogens is 230 g/mol. The molecule has 0 bridgehead atoms. The summed E-state index contributed by atoms with van der Waals surface area (Å²) in [5, 5.41) is 0.218. The lowest BCUT2D eigenvalue weighted by molar-refractivity contribution is -0.116. The molecule has 0 spiro atoms. The van der Waals surface area contributed by atoms with Gasteiger partial charge >= 0.3 is 0 Å². The van der Waals surface area contributed by atoms with Gasteiger partial charge in [0.25, 0.3) is 5.91 Å². The van der Waals surface area contributed by atoms with E-state index in [2.05, 4.69) is 4.98 Å². The summed E-state index contributed by atoms with van der Waals surface area (Å²) in [5.74, 6) is -0.396. The Labute approximate surface area is 98.2 Å². The zero-order valence-electron chi connectivity index (χ0n) is 8.60. The molecule has 2 N–H and O–H groups in total. The molecule has 1 aromatic heterocycles. The maximum atomic E-state index is 11.8. The van der Waals surface area contributed by atoms with E-state index in [4.69, 9.17) is 17.3 Å². The quantitative estimate of drug-likeness (QED) is 0.608. The van der Waals surface area contributed by atoms with E-state index in [1.165, 1.54) is 18.3 Å². The summed E-state index contributed by atoms with van der Waals surface area (Å²) < 4.78 is 0. The number of aromatic nitrogens is 1. The number of pyridine rings is 1. The highest BCUT2D eigenvalue weighted by molar-refractivity contribution is 6.29. The average molecular weight is 242 g/mol. The fourth-order valence-corrected chi connectivity index (χ4v) is 1.34. The van der Waals surface area contributed by atoms with Gasteiger partial charge in [0, 0.05) is 18.3 Å². The first-order valence-electron chi connectivity index (χ1n) is 4.77. The van der Waals surface area contributed by atoms with Gasteiger partial charge in [0.2, 0.25) is 6.41 Å². The molecule has 0 saturated carbocycles. The fraction of sp³-hybridized carbons (Fsp3) is 0.300. The molecule has 1 aromatic rings. The molecule has 6 heteroatoms. The van der Waals surface area contributed by atoms with Crippen molar-refractivity contribution in [2.45, 2.75) is 6.42 Å². The lowest BCUT2D eigenvalue weighted by Crippen LogP contribution is -2.31. The van der Waals surface area contributed by atoms with E-state index >= 15 is 0 Å². The number of nitrogens with two attached hydrogens (primary N) is 1. The fourth-order valence-electron chi connectivity index (χ4n) is 1.17. The summed E-state index contributed by atoms with van der Waals surface area (Å²) in [7, 11) is 0. The van der Waals surface area contributed by atoms with Crippen LogP contribution in [0.15, 0.2) is 18.3 Å². The van der Waals surface area contributed by atoms with Gasteiger partial charge in [-0.1, -0.05) is 11.6 Å². The minimum atomic E-state index is -0.396. The highest BCUT2D eigenvalue weighted by Gasteiger charge is 2.14. The normalized spacial score (nSPS) is 9.88. The van der Waals surface area contributed by atoms with Crippen molar-refractivity contribution in [2.75, 3.05) is 13.1 Å². The van der Waals surface area contributed by atoms with Crippen molar-refractivity contribution in [3.63, 3.8) is 0 Å². The number of carbonyl (C=O) groups excluding carboxylic acids is 2. The third-order valence-corrected chi connectivity index (χ3v) is 2.17. The topological polar surface area (TPSA) is 76.3 Å². The Morgan fingerprint density at radius 2 is 2.38 bits per heavy atom. The van der Waals surface area contributed by atoms with E-state index in [0.717, 1.165) is 4.90 Å². The number of nitrogens with zero attached hydrogens (tertiary/aromatic N) is 2. The van der Waals surface area contributed by atoms with E-state index in [9.17, 15) is 9.59 Å². The van der Waals surface area contributed by atoms with Crippen molar-refractivity contribution in [1.29, 1.82) is 0 Å². The first-order valence-corrected chi connectivity index (χ1v) is 5.14. The Hall–Kier alpha value is -1.46. The zero-order chi connectivity index (χ0) is 12.0. The van der Waals surface area contributed by atoms with Crippen LogP contribution in [0.25, 0.3) is 0 Å². The number of hydrogen-bond donors (Lipinski definition) is 1. The van der Waals surface area contributed by atoms with Crippen LogP contribution in [0.1, 0.15) is 16.8 Å². The third-order valence-electron chi connectivity index (χ3n) is 1.96. The van der Waals surface area contributed by atoms with Crippen molar-refractivity contribution in [2.24, 2.45) is 5.73 Å². The van der Waals surface area contributed by atoms with Crippen LogP contribution in [0.2, 0.25) is 5.15 Å². The van der Waals surface area contributed by atoms with Crippen LogP contribution in [-0.2, 0) is 4.79 Å². The Kier molecular flexibility index (Phi) is 4.88. The van der Waals surface area contributed by atoms with Gasteiger partial charge in [-0.15, -0.1) is 0 Å². The van der Waals surface area contributed by atoms with Gasteiger partial charge in [-0.25, -0.2) is 4.98 Å². The number of hydrogen-bond acceptors (Lipinski definition) is 4. The lowest BCUT2D eigenvalue weighted by atomic mass is 10.2. The summed E-state index contributed by atoms with van der Waals surface area (Å²) in [6, 6.07) is 2.93. The molecular formula is C10H12ClN3O2. The maximum Gasteiger partial charge on any atom is 0.260 e. The molecule has 5 nitrogen and oxygen atoms in total. The largest absolute Gasteiger partial charge is 0.330 e. The van der Waals surface area contributed by atoms with E-state index in [1.807, 2.05) is 0 Å². The first-order chi connectivity index (χ1) is 7.69. The molecule has 0 aliphatic carbocycles. The smallest absolute Gasteiger partial charge is 0.260 e. The van der Waals surface area contributed by atoms with Crippen molar-refractivity contribution >= 4 is 23.9 Å². The predicted octanol–water partition coefficient (Wildman–Crippen LogP) is 0.682. The molecule has 0 aromatic carbocycles. The summed E-state index contributed by atoms with van der Waals surface area (Å²) >= 11 is 5.65. The molecule has 0 aliphatic heterocycles. The Bertz CT molecular complexity index is 384. The van der Waals surface area contributed by atoms with Gasteiger partial charge in [-0.2, -0.15) is 0 Å². The van der Waals surface area contributed by atoms with E-state index in [1.54, 1.807) is 0 Å². The number of rotatable bonds is 5. The Morgan fingerprint density at radius 1 is 1.62 bits per heavy atom. The second-order valence-electron chi connectivity index (χ2n) is 3.11. The lowest BCUT2D eigenvalue weighted by Gasteiger charge is -2.14. The van der Waals surface area contributed by atoms with Crippen molar-refractivity contribution < 1.29 is 9.59 Å². The van der Waals surface area contributed by atoms with Crippen LogP contribution in [-0.4, -0.2) is 35.3 Å². The monoisotopic (exact) mass is 241 g/mol. The second-order valence-corrected chi connectivity index (χ2v) is 3.50. The van der Waals surface area contributed by atoms with Gasteiger partial charge in [-0.05, 0) is 25.1 Å². The highest BCUT2D eigenvalue weighted by atomic mass is 35.5. The molecule has 0 atom stereocenters. The molecule has 2 amide bonds. The third kappa shape index (κ3) is 3.29.